The van der Waals surface area contributed by atoms with E-state index in [0.29, 0.717) is 23.8 Å². The molecule has 0 aromatic carbocycles. The third-order valence-corrected chi connectivity index (χ3v) is 3.43. The summed E-state index contributed by atoms with van der Waals surface area (Å²) in [5, 5.41) is 3.42. The highest BCUT2D eigenvalue weighted by atomic mass is 16.5. The standard InChI is InChI=1S/C10H14N4O/c1-15-10-9(12-2-3-13-10)8-6-5(4-14-8)7(6)11/h2-3,5-8,14H,4,11H2,1H3. The van der Waals surface area contributed by atoms with Crippen molar-refractivity contribution in [3.63, 3.8) is 0 Å². The zero-order valence-electron chi connectivity index (χ0n) is 8.55. The number of rotatable bonds is 2. The average molecular weight is 206 g/mol. The van der Waals surface area contributed by atoms with E-state index in [1.54, 1.807) is 19.5 Å². The van der Waals surface area contributed by atoms with Gasteiger partial charge < -0.3 is 15.8 Å². The third-order valence-electron chi connectivity index (χ3n) is 3.43. The summed E-state index contributed by atoms with van der Waals surface area (Å²) in [5.74, 6) is 1.73. The molecule has 1 saturated carbocycles. The third kappa shape index (κ3) is 1.23. The summed E-state index contributed by atoms with van der Waals surface area (Å²) < 4.78 is 5.21. The highest BCUT2D eigenvalue weighted by Gasteiger charge is 2.57. The molecule has 3 rings (SSSR count). The van der Waals surface area contributed by atoms with Gasteiger partial charge in [-0.25, -0.2) is 4.98 Å². The van der Waals surface area contributed by atoms with Gasteiger partial charge in [-0.05, 0) is 5.92 Å². The Labute approximate surface area is 88.1 Å². The maximum atomic E-state index is 5.96. The van der Waals surface area contributed by atoms with Crippen LogP contribution in [-0.2, 0) is 0 Å². The van der Waals surface area contributed by atoms with Crippen LogP contribution in [0, 0.1) is 11.8 Å². The van der Waals surface area contributed by atoms with Gasteiger partial charge in [0.25, 0.3) is 0 Å². The van der Waals surface area contributed by atoms with E-state index in [0.717, 1.165) is 12.2 Å². The molecule has 2 fully saturated rings. The fraction of sp³-hybridized carbons (Fsp3) is 0.600. The van der Waals surface area contributed by atoms with Crippen molar-refractivity contribution in [2.45, 2.75) is 12.1 Å². The molecule has 0 bridgehead atoms. The van der Waals surface area contributed by atoms with Crippen molar-refractivity contribution in [1.29, 1.82) is 0 Å². The highest BCUT2D eigenvalue weighted by Crippen LogP contribution is 2.51. The first-order valence-corrected chi connectivity index (χ1v) is 5.17. The molecule has 1 saturated heterocycles. The van der Waals surface area contributed by atoms with E-state index in [4.69, 9.17) is 10.5 Å². The number of ether oxygens (including phenoxy) is 1. The number of nitrogens with zero attached hydrogens (tertiary/aromatic N) is 2. The normalized spacial score (nSPS) is 37.5. The number of methoxy groups -OCH3 is 1. The van der Waals surface area contributed by atoms with Crippen molar-refractivity contribution in [3.8, 4) is 5.88 Å². The fourth-order valence-electron chi connectivity index (χ4n) is 2.55. The summed E-state index contributed by atoms with van der Waals surface area (Å²) >= 11 is 0. The van der Waals surface area contributed by atoms with Gasteiger partial charge in [0.1, 0.15) is 5.69 Å². The lowest BCUT2D eigenvalue weighted by Crippen LogP contribution is -2.26. The number of fused-ring (bicyclic) bond motifs is 1. The number of aromatic nitrogens is 2. The molecule has 2 heterocycles. The summed E-state index contributed by atoms with van der Waals surface area (Å²) in [4.78, 5) is 8.49. The quantitative estimate of drug-likeness (QED) is 0.695. The second-order valence-electron chi connectivity index (χ2n) is 4.16. The van der Waals surface area contributed by atoms with Crippen LogP contribution in [0.5, 0.6) is 5.88 Å². The summed E-state index contributed by atoms with van der Waals surface area (Å²) in [5.41, 5.74) is 6.85. The molecule has 5 heteroatoms. The molecular formula is C10H14N4O. The van der Waals surface area contributed by atoms with Gasteiger partial charge in [-0.3, -0.25) is 4.98 Å². The van der Waals surface area contributed by atoms with Crippen LogP contribution in [0.1, 0.15) is 11.7 Å². The van der Waals surface area contributed by atoms with Gasteiger partial charge in [0.15, 0.2) is 0 Å². The van der Waals surface area contributed by atoms with Gasteiger partial charge in [0.05, 0.1) is 13.2 Å². The zero-order valence-corrected chi connectivity index (χ0v) is 8.55. The summed E-state index contributed by atoms with van der Waals surface area (Å²) in [6.07, 6.45) is 3.34. The van der Waals surface area contributed by atoms with Crippen molar-refractivity contribution in [1.82, 2.24) is 15.3 Å². The Morgan fingerprint density at radius 3 is 2.93 bits per heavy atom. The Hall–Kier alpha value is -1.20. The minimum atomic E-state index is 0.216. The van der Waals surface area contributed by atoms with E-state index in [9.17, 15) is 0 Å². The van der Waals surface area contributed by atoms with Crippen LogP contribution < -0.4 is 15.8 Å². The number of hydrogen-bond donors (Lipinski definition) is 2. The lowest BCUT2D eigenvalue weighted by atomic mass is 10.1. The predicted molar refractivity (Wildman–Crippen MR) is 54.3 cm³/mol. The highest BCUT2D eigenvalue weighted by molar-refractivity contribution is 5.28. The molecule has 5 nitrogen and oxygen atoms in total. The van der Waals surface area contributed by atoms with Gasteiger partial charge in [-0.15, -0.1) is 0 Å². The fourth-order valence-corrected chi connectivity index (χ4v) is 2.55. The molecule has 80 valence electrons. The largest absolute Gasteiger partial charge is 0.480 e. The minimum Gasteiger partial charge on any atom is -0.480 e. The van der Waals surface area contributed by atoms with Crippen LogP contribution in [0.3, 0.4) is 0 Å². The SMILES string of the molecule is COc1nccnc1C1NCC2C(N)C12. The number of piperidine rings is 1. The first-order valence-electron chi connectivity index (χ1n) is 5.17. The lowest BCUT2D eigenvalue weighted by molar-refractivity contribution is 0.376. The molecular weight excluding hydrogens is 192 g/mol. The smallest absolute Gasteiger partial charge is 0.237 e. The maximum absolute atomic E-state index is 5.96. The topological polar surface area (TPSA) is 73.1 Å². The van der Waals surface area contributed by atoms with Crippen molar-refractivity contribution < 1.29 is 4.74 Å². The summed E-state index contributed by atoms with van der Waals surface area (Å²) in [7, 11) is 1.62. The van der Waals surface area contributed by atoms with Crippen molar-refractivity contribution >= 4 is 0 Å². The molecule has 0 amide bonds. The first kappa shape index (κ1) is 9.06. The van der Waals surface area contributed by atoms with Crippen molar-refractivity contribution in [2.24, 2.45) is 17.6 Å². The molecule has 1 aliphatic carbocycles. The zero-order chi connectivity index (χ0) is 10.4. The Balaban J connectivity index is 1.92. The molecule has 1 aliphatic heterocycles. The molecule has 3 N–H and O–H groups in total. The average Bonchev–Trinajstić information content (AvgIpc) is 2.76. The van der Waals surface area contributed by atoms with Gasteiger partial charge in [0.2, 0.25) is 5.88 Å². The second-order valence-corrected chi connectivity index (χ2v) is 4.16. The molecule has 1 aromatic rings. The molecule has 4 atom stereocenters. The Bertz CT molecular complexity index is 383. The number of nitrogens with two attached hydrogens (primary N) is 1. The molecule has 15 heavy (non-hydrogen) atoms. The van der Waals surface area contributed by atoms with E-state index in [1.165, 1.54) is 0 Å². The molecule has 2 aliphatic rings. The number of nitrogens with one attached hydrogen (secondary N) is 1. The minimum absolute atomic E-state index is 0.216. The van der Waals surface area contributed by atoms with E-state index in [2.05, 4.69) is 15.3 Å². The first-order chi connectivity index (χ1) is 7.33. The van der Waals surface area contributed by atoms with Gasteiger partial charge in [-0.2, -0.15) is 0 Å². The van der Waals surface area contributed by atoms with Crippen LogP contribution in [0.4, 0.5) is 0 Å². The van der Waals surface area contributed by atoms with Gasteiger partial charge in [0, 0.05) is 30.9 Å². The van der Waals surface area contributed by atoms with Crippen LogP contribution in [0.2, 0.25) is 0 Å². The molecule has 1 aromatic heterocycles. The molecule has 4 unspecified atom stereocenters. The molecule has 0 radical (unpaired) electrons. The lowest BCUT2D eigenvalue weighted by Gasteiger charge is -2.15. The van der Waals surface area contributed by atoms with Gasteiger partial charge in [-0.1, -0.05) is 0 Å². The monoisotopic (exact) mass is 206 g/mol. The van der Waals surface area contributed by atoms with E-state index in [1.807, 2.05) is 0 Å². The van der Waals surface area contributed by atoms with Crippen LogP contribution in [0.25, 0.3) is 0 Å². The van der Waals surface area contributed by atoms with Crippen LogP contribution in [0.15, 0.2) is 12.4 Å². The number of hydrogen-bond acceptors (Lipinski definition) is 5. The predicted octanol–water partition coefficient (Wildman–Crippen LogP) is -0.297. The van der Waals surface area contributed by atoms with E-state index < -0.39 is 0 Å². The maximum Gasteiger partial charge on any atom is 0.237 e. The van der Waals surface area contributed by atoms with E-state index >= 15 is 0 Å². The van der Waals surface area contributed by atoms with Crippen LogP contribution >= 0.6 is 0 Å². The van der Waals surface area contributed by atoms with Crippen molar-refractivity contribution in [2.75, 3.05) is 13.7 Å². The second kappa shape index (κ2) is 3.15. The Morgan fingerprint density at radius 1 is 1.47 bits per heavy atom. The molecule has 0 spiro atoms. The van der Waals surface area contributed by atoms with Crippen molar-refractivity contribution in [3.05, 3.63) is 18.1 Å². The Kier molecular flexibility index (Phi) is 1.90. The summed E-state index contributed by atoms with van der Waals surface area (Å²) in [6.45, 7) is 0.982. The van der Waals surface area contributed by atoms with E-state index in [-0.39, 0.29) is 6.04 Å². The van der Waals surface area contributed by atoms with Crippen LogP contribution in [-0.4, -0.2) is 29.7 Å². The summed E-state index contributed by atoms with van der Waals surface area (Å²) in [6, 6.07) is 0.539. The Morgan fingerprint density at radius 2 is 2.27 bits per heavy atom. The van der Waals surface area contributed by atoms with Gasteiger partial charge >= 0.3 is 0 Å².